The third-order valence-electron chi connectivity index (χ3n) is 4.21. The van der Waals surface area contributed by atoms with Gasteiger partial charge in [-0.25, -0.2) is 4.98 Å². The topological polar surface area (TPSA) is 48.5 Å². The Kier molecular flexibility index (Phi) is 4.77. The summed E-state index contributed by atoms with van der Waals surface area (Å²) in [5, 5.41) is 3.88. The number of carbonyl (C=O) groups excluding carboxylic acids is 1. The number of piperazine rings is 3. The molecule has 6 heteroatoms. The van der Waals surface area contributed by atoms with Gasteiger partial charge in [0, 0.05) is 51.5 Å². The summed E-state index contributed by atoms with van der Waals surface area (Å²) in [4.78, 5) is 21.4. The molecule has 0 radical (unpaired) electrons. The summed E-state index contributed by atoms with van der Waals surface area (Å²) in [6.07, 6.45) is 1.76. The molecule has 5 nitrogen and oxygen atoms in total. The first-order valence-corrected chi connectivity index (χ1v) is 8.42. The van der Waals surface area contributed by atoms with Crippen molar-refractivity contribution >= 4 is 17.7 Å². The van der Waals surface area contributed by atoms with Crippen LogP contribution in [-0.2, 0) is 4.79 Å². The number of hydrogen-bond donors (Lipinski definition) is 1. The van der Waals surface area contributed by atoms with E-state index in [1.807, 2.05) is 25.1 Å². The average Bonchev–Trinajstić information content (AvgIpc) is 2.54. The Balaban J connectivity index is 1.45. The van der Waals surface area contributed by atoms with Crippen molar-refractivity contribution < 1.29 is 4.79 Å². The highest BCUT2D eigenvalue weighted by Crippen LogP contribution is 2.20. The van der Waals surface area contributed by atoms with Gasteiger partial charge in [0.25, 0.3) is 0 Å². The standard InChI is InChI=1S/C15H22N4OS/c1-12(21-14-4-2-3-5-16-14)15(20)17-10-13-11-18-6-8-19(13)9-7-18/h2-5,12-13H,6-11H2,1H3,(H,17,20)/t12-,13-/m1/s1. The van der Waals surface area contributed by atoms with Gasteiger partial charge < -0.3 is 5.32 Å². The summed E-state index contributed by atoms with van der Waals surface area (Å²) in [6.45, 7) is 8.40. The fourth-order valence-electron chi connectivity index (χ4n) is 2.93. The van der Waals surface area contributed by atoms with E-state index in [0.29, 0.717) is 6.04 Å². The number of nitrogens with zero attached hydrogens (tertiary/aromatic N) is 3. The Hall–Kier alpha value is -1.11. The molecule has 0 aromatic carbocycles. The Bertz CT molecular complexity index is 476. The number of thioether (sulfide) groups is 1. The fraction of sp³-hybridized carbons (Fsp3) is 0.600. The molecule has 21 heavy (non-hydrogen) atoms. The third-order valence-corrected chi connectivity index (χ3v) is 5.26. The van der Waals surface area contributed by atoms with Gasteiger partial charge in [0.1, 0.15) is 0 Å². The van der Waals surface area contributed by atoms with E-state index in [-0.39, 0.29) is 11.2 Å². The first-order valence-electron chi connectivity index (χ1n) is 7.54. The highest BCUT2D eigenvalue weighted by atomic mass is 32.2. The van der Waals surface area contributed by atoms with Gasteiger partial charge in [-0.2, -0.15) is 0 Å². The minimum atomic E-state index is -0.115. The summed E-state index contributed by atoms with van der Waals surface area (Å²) in [6, 6.07) is 6.24. The van der Waals surface area contributed by atoms with Gasteiger partial charge in [0.2, 0.25) is 5.91 Å². The molecule has 4 rings (SSSR count). The van der Waals surface area contributed by atoms with Crippen LogP contribution in [0.3, 0.4) is 0 Å². The second-order valence-corrected chi connectivity index (χ2v) is 7.02. The summed E-state index contributed by atoms with van der Waals surface area (Å²) >= 11 is 1.51. The van der Waals surface area contributed by atoms with Crippen LogP contribution in [0.5, 0.6) is 0 Å². The van der Waals surface area contributed by atoms with Crippen LogP contribution < -0.4 is 5.32 Å². The summed E-state index contributed by atoms with van der Waals surface area (Å²) in [7, 11) is 0. The second-order valence-electron chi connectivity index (χ2n) is 5.66. The molecule has 3 aliphatic rings. The van der Waals surface area contributed by atoms with Crippen LogP contribution in [-0.4, -0.2) is 71.3 Å². The highest BCUT2D eigenvalue weighted by molar-refractivity contribution is 8.00. The number of amides is 1. The molecule has 4 heterocycles. The van der Waals surface area contributed by atoms with Crippen molar-refractivity contribution in [3.8, 4) is 0 Å². The van der Waals surface area contributed by atoms with Crippen molar-refractivity contribution in [2.45, 2.75) is 23.2 Å². The molecule has 0 spiro atoms. The number of aromatic nitrogens is 1. The van der Waals surface area contributed by atoms with E-state index in [0.717, 1.165) is 31.2 Å². The molecule has 0 aliphatic carbocycles. The first kappa shape index (κ1) is 14.8. The fourth-order valence-corrected chi connectivity index (χ4v) is 3.76. The number of carbonyl (C=O) groups is 1. The van der Waals surface area contributed by atoms with Crippen LogP contribution in [0.4, 0.5) is 0 Å². The van der Waals surface area contributed by atoms with Crippen molar-refractivity contribution in [3.63, 3.8) is 0 Å². The van der Waals surface area contributed by atoms with E-state index in [1.54, 1.807) is 6.20 Å². The molecule has 1 aromatic heterocycles. The maximum Gasteiger partial charge on any atom is 0.233 e. The zero-order valence-electron chi connectivity index (χ0n) is 12.4. The molecule has 1 amide bonds. The Morgan fingerprint density at radius 3 is 2.86 bits per heavy atom. The van der Waals surface area contributed by atoms with Gasteiger partial charge in [-0.15, -0.1) is 0 Å². The van der Waals surface area contributed by atoms with Crippen molar-refractivity contribution in [3.05, 3.63) is 24.4 Å². The van der Waals surface area contributed by atoms with Gasteiger partial charge >= 0.3 is 0 Å². The highest BCUT2D eigenvalue weighted by Gasteiger charge is 2.32. The molecule has 2 bridgehead atoms. The molecular formula is C15H22N4OS. The summed E-state index contributed by atoms with van der Waals surface area (Å²) < 4.78 is 0. The van der Waals surface area contributed by atoms with Crippen LogP contribution in [0.15, 0.2) is 29.4 Å². The van der Waals surface area contributed by atoms with Gasteiger partial charge in [-0.3, -0.25) is 14.6 Å². The minimum absolute atomic E-state index is 0.100. The number of pyridine rings is 1. The summed E-state index contributed by atoms with van der Waals surface area (Å²) in [5.41, 5.74) is 0. The summed E-state index contributed by atoms with van der Waals surface area (Å²) in [5.74, 6) is 0.100. The van der Waals surface area contributed by atoms with Gasteiger partial charge in [0.05, 0.1) is 10.3 Å². The number of nitrogens with one attached hydrogen (secondary N) is 1. The number of rotatable bonds is 5. The Morgan fingerprint density at radius 2 is 2.24 bits per heavy atom. The predicted molar refractivity (Wildman–Crippen MR) is 84.4 cm³/mol. The molecule has 2 atom stereocenters. The number of fused-ring (bicyclic) bond motifs is 3. The molecule has 114 valence electrons. The largest absolute Gasteiger partial charge is 0.354 e. The smallest absolute Gasteiger partial charge is 0.233 e. The van der Waals surface area contributed by atoms with Crippen LogP contribution in [0.2, 0.25) is 0 Å². The molecule has 3 saturated heterocycles. The zero-order chi connectivity index (χ0) is 14.7. The monoisotopic (exact) mass is 306 g/mol. The van der Waals surface area contributed by atoms with Crippen molar-refractivity contribution in [2.24, 2.45) is 0 Å². The Morgan fingerprint density at radius 1 is 1.43 bits per heavy atom. The van der Waals surface area contributed by atoms with Crippen molar-refractivity contribution in [1.82, 2.24) is 20.1 Å². The van der Waals surface area contributed by atoms with Crippen LogP contribution in [0.1, 0.15) is 6.92 Å². The van der Waals surface area contributed by atoms with E-state index >= 15 is 0 Å². The van der Waals surface area contributed by atoms with E-state index in [4.69, 9.17) is 0 Å². The van der Waals surface area contributed by atoms with E-state index in [1.165, 1.54) is 24.9 Å². The lowest BCUT2D eigenvalue weighted by molar-refractivity contribution is -0.120. The molecule has 3 aliphatic heterocycles. The van der Waals surface area contributed by atoms with Crippen LogP contribution >= 0.6 is 11.8 Å². The lowest BCUT2D eigenvalue weighted by atomic mass is 10.1. The molecule has 3 fully saturated rings. The van der Waals surface area contributed by atoms with Crippen LogP contribution in [0.25, 0.3) is 0 Å². The van der Waals surface area contributed by atoms with Crippen LogP contribution in [0, 0.1) is 0 Å². The normalized spacial score (nSPS) is 29.1. The lowest BCUT2D eigenvalue weighted by Gasteiger charge is -2.47. The van der Waals surface area contributed by atoms with E-state index in [2.05, 4.69) is 20.1 Å². The second kappa shape index (κ2) is 6.77. The molecule has 0 unspecified atom stereocenters. The SMILES string of the molecule is C[C@@H](Sc1ccccn1)C(=O)NC[C@@H]1CN2CCN1CC2. The molecule has 1 N–H and O–H groups in total. The third kappa shape index (κ3) is 3.75. The van der Waals surface area contributed by atoms with Gasteiger partial charge in [0.15, 0.2) is 0 Å². The van der Waals surface area contributed by atoms with E-state index < -0.39 is 0 Å². The molecular weight excluding hydrogens is 284 g/mol. The lowest BCUT2D eigenvalue weighted by Crippen LogP contribution is -2.63. The number of hydrogen-bond acceptors (Lipinski definition) is 5. The molecule has 1 aromatic rings. The Labute approximate surface area is 130 Å². The quantitative estimate of drug-likeness (QED) is 0.811. The van der Waals surface area contributed by atoms with Gasteiger partial charge in [-0.05, 0) is 19.1 Å². The zero-order valence-corrected chi connectivity index (χ0v) is 13.2. The molecule has 0 saturated carbocycles. The average molecular weight is 306 g/mol. The van der Waals surface area contributed by atoms with Gasteiger partial charge in [-0.1, -0.05) is 17.8 Å². The van der Waals surface area contributed by atoms with Crippen molar-refractivity contribution in [2.75, 3.05) is 39.3 Å². The predicted octanol–water partition coefficient (Wildman–Crippen LogP) is 0.678. The minimum Gasteiger partial charge on any atom is -0.354 e. The van der Waals surface area contributed by atoms with E-state index in [9.17, 15) is 4.79 Å². The maximum absolute atomic E-state index is 12.2. The maximum atomic E-state index is 12.2. The van der Waals surface area contributed by atoms with Crippen molar-refractivity contribution in [1.29, 1.82) is 0 Å². The first-order chi connectivity index (χ1) is 10.2.